The minimum absolute atomic E-state index is 0.0590. The summed E-state index contributed by atoms with van der Waals surface area (Å²) in [7, 11) is 0. The highest BCUT2D eigenvalue weighted by atomic mass is 19.1. The van der Waals surface area contributed by atoms with Crippen LogP contribution in [0.25, 0.3) is 0 Å². The van der Waals surface area contributed by atoms with Gasteiger partial charge in [0.05, 0.1) is 12.1 Å². The van der Waals surface area contributed by atoms with E-state index in [0.29, 0.717) is 11.1 Å². The number of hydrogen-bond acceptors (Lipinski definition) is 6. The van der Waals surface area contributed by atoms with Crippen molar-refractivity contribution in [1.29, 1.82) is 0 Å². The van der Waals surface area contributed by atoms with Crippen molar-refractivity contribution in [3.05, 3.63) is 101 Å². The lowest BCUT2D eigenvalue weighted by atomic mass is 9.98. The van der Waals surface area contributed by atoms with Gasteiger partial charge in [-0.2, -0.15) is 0 Å². The monoisotopic (exact) mass is 567 g/mol. The van der Waals surface area contributed by atoms with E-state index < -0.39 is 53.6 Å². The van der Waals surface area contributed by atoms with Crippen molar-refractivity contribution in [1.82, 2.24) is 15.5 Å². The second-order valence-corrected chi connectivity index (χ2v) is 10.0. The van der Waals surface area contributed by atoms with E-state index in [1.807, 2.05) is 0 Å². The summed E-state index contributed by atoms with van der Waals surface area (Å²) in [6, 6.07) is 13.8. The largest absolute Gasteiger partial charge is 0.508 e. The maximum atomic E-state index is 14.0. The number of amides is 3. The predicted molar refractivity (Wildman–Crippen MR) is 145 cm³/mol. The molecule has 0 saturated carbocycles. The zero-order valence-electron chi connectivity index (χ0n) is 22.3. The molecular formula is C30H31F2N3O6. The molecule has 1 aliphatic rings. The number of rotatable bonds is 9. The summed E-state index contributed by atoms with van der Waals surface area (Å²) in [6.45, 7) is 0.956. The van der Waals surface area contributed by atoms with Gasteiger partial charge in [-0.1, -0.05) is 36.4 Å². The Bertz CT molecular complexity index is 1420. The molecule has 3 aromatic carbocycles. The molecule has 9 nitrogen and oxygen atoms in total. The van der Waals surface area contributed by atoms with Gasteiger partial charge in [-0.05, 0) is 49.2 Å². The number of aromatic hydroxyl groups is 1. The van der Waals surface area contributed by atoms with E-state index in [0.717, 1.165) is 23.1 Å². The van der Waals surface area contributed by atoms with Gasteiger partial charge in [0.15, 0.2) is 6.10 Å². The van der Waals surface area contributed by atoms with E-state index in [9.17, 15) is 38.5 Å². The number of carbonyl (C=O) groups excluding carboxylic acids is 3. The van der Waals surface area contributed by atoms with Crippen LogP contribution in [0.1, 0.15) is 33.5 Å². The van der Waals surface area contributed by atoms with Crippen LogP contribution in [-0.2, 0) is 22.6 Å². The van der Waals surface area contributed by atoms with Gasteiger partial charge in [0.25, 0.3) is 11.8 Å². The molecule has 3 amide bonds. The summed E-state index contributed by atoms with van der Waals surface area (Å²) in [5.74, 6) is -3.73. The number of phenols is 1. The smallest absolute Gasteiger partial charge is 0.254 e. The van der Waals surface area contributed by atoms with Crippen molar-refractivity contribution in [2.24, 2.45) is 0 Å². The van der Waals surface area contributed by atoms with Crippen LogP contribution in [-0.4, -0.2) is 68.8 Å². The third-order valence-electron chi connectivity index (χ3n) is 7.12. The van der Waals surface area contributed by atoms with Gasteiger partial charge < -0.3 is 30.9 Å². The van der Waals surface area contributed by atoms with E-state index in [4.69, 9.17) is 0 Å². The average Bonchev–Trinajstić information content (AvgIpc) is 3.35. The molecule has 4 unspecified atom stereocenters. The number of aliphatic hydroxyl groups is 2. The fraction of sp³-hybridized carbons (Fsp3) is 0.300. The number of likely N-dealkylation sites (tertiary alicyclic amines) is 1. The molecule has 1 fully saturated rings. The van der Waals surface area contributed by atoms with Crippen LogP contribution in [0.15, 0.2) is 66.7 Å². The summed E-state index contributed by atoms with van der Waals surface area (Å²) < 4.78 is 27.5. The Morgan fingerprint density at radius 1 is 1.05 bits per heavy atom. The number of carbonyl (C=O) groups is 3. The van der Waals surface area contributed by atoms with Crippen molar-refractivity contribution in [3.63, 3.8) is 0 Å². The van der Waals surface area contributed by atoms with Gasteiger partial charge in [0.1, 0.15) is 23.4 Å². The number of benzene rings is 3. The molecule has 4 rings (SSSR count). The van der Waals surface area contributed by atoms with Crippen molar-refractivity contribution in [3.8, 4) is 5.75 Å². The van der Waals surface area contributed by atoms with Crippen molar-refractivity contribution in [2.45, 2.75) is 50.6 Å². The number of nitrogens with one attached hydrogen (secondary N) is 2. The van der Waals surface area contributed by atoms with Crippen LogP contribution >= 0.6 is 0 Å². The Labute approximate surface area is 235 Å². The number of nitrogens with zero attached hydrogens (tertiary/aromatic N) is 1. The highest BCUT2D eigenvalue weighted by Crippen LogP contribution is 2.23. The summed E-state index contributed by atoms with van der Waals surface area (Å²) in [4.78, 5) is 40.7. The summed E-state index contributed by atoms with van der Waals surface area (Å²) >= 11 is 0. The molecule has 0 aromatic heterocycles. The van der Waals surface area contributed by atoms with E-state index in [1.54, 1.807) is 37.3 Å². The van der Waals surface area contributed by atoms with E-state index >= 15 is 0 Å². The lowest BCUT2D eigenvalue weighted by Gasteiger charge is -2.30. The van der Waals surface area contributed by atoms with Crippen molar-refractivity contribution < 1.29 is 38.5 Å². The minimum atomic E-state index is -1.81. The molecule has 5 N–H and O–H groups in total. The van der Waals surface area contributed by atoms with Crippen molar-refractivity contribution in [2.75, 3.05) is 6.54 Å². The van der Waals surface area contributed by atoms with Crippen LogP contribution in [0.4, 0.5) is 8.78 Å². The van der Waals surface area contributed by atoms with Crippen molar-refractivity contribution >= 4 is 17.7 Å². The van der Waals surface area contributed by atoms with E-state index in [1.165, 1.54) is 18.2 Å². The second kappa shape index (κ2) is 12.9. The lowest BCUT2D eigenvalue weighted by molar-refractivity contribution is -0.146. The maximum absolute atomic E-state index is 14.0. The number of β-amino-alcohol motifs (C(OH)–C–C–N with tert-alkyl or cyclic N) is 1. The molecule has 216 valence electrons. The van der Waals surface area contributed by atoms with Gasteiger partial charge in [-0.15, -0.1) is 0 Å². The first kappa shape index (κ1) is 29.6. The minimum Gasteiger partial charge on any atom is -0.508 e. The molecule has 0 spiro atoms. The molecule has 0 aliphatic carbocycles. The third-order valence-corrected chi connectivity index (χ3v) is 7.12. The Kier molecular flexibility index (Phi) is 9.31. The van der Waals surface area contributed by atoms with Gasteiger partial charge >= 0.3 is 0 Å². The quantitative estimate of drug-likeness (QED) is 0.268. The number of halogens is 2. The van der Waals surface area contributed by atoms with Crippen LogP contribution in [0.5, 0.6) is 5.75 Å². The maximum Gasteiger partial charge on any atom is 0.254 e. The van der Waals surface area contributed by atoms with Gasteiger partial charge in [0.2, 0.25) is 5.91 Å². The molecule has 1 heterocycles. The molecule has 41 heavy (non-hydrogen) atoms. The van der Waals surface area contributed by atoms with E-state index in [-0.39, 0.29) is 42.8 Å². The standard InChI is InChI=1S/C30H31F2N3O6/c1-17-22(8-5-9-26(17)37)28(39)34-24(12-18-6-3-2-4-7-18)27(38)30(41)35-16-21(36)14-25(35)29(40)33-15-19-13-20(31)10-11-23(19)32/h2-11,13,21,24-25,27,36-38H,12,14-16H2,1H3,(H,33,40)(H,34,39). The summed E-state index contributed by atoms with van der Waals surface area (Å²) in [5.41, 5.74) is 1.09. The Morgan fingerprint density at radius 3 is 2.51 bits per heavy atom. The SMILES string of the molecule is Cc1c(O)cccc1C(=O)NC(Cc1ccccc1)C(O)C(=O)N1CC(O)CC1C(=O)NCc1cc(F)ccc1F. The zero-order chi connectivity index (χ0) is 29.7. The number of phenolic OH excluding ortho intramolecular Hbond substituents is 1. The summed E-state index contributed by atoms with van der Waals surface area (Å²) in [6.07, 6.45) is -2.94. The molecule has 11 heteroatoms. The summed E-state index contributed by atoms with van der Waals surface area (Å²) in [5, 5.41) is 36.7. The molecule has 4 atom stereocenters. The van der Waals surface area contributed by atoms with Crippen LogP contribution in [0, 0.1) is 18.6 Å². The number of aliphatic hydroxyl groups excluding tert-OH is 2. The van der Waals surface area contributed by atoms with Crippen LogP contribution in [0.3, 0.4) is 0 Å². The second-order valence-electron chi connectivity index (χ2n) is 10.0. The first-order valence-electron chi connectivity index (χ1n) is 13.1. The van der Waals surface area contributed by atoms with Crippen LogP contribution in [0.2, 0.25) is 0 Å². The first-order valence-corrected chi connectivity index (χ1v) is 13.1. The highest BCUT2D eigenvalue weighted by molar-refractivity contribution is 5.97. The first-order chi connectivity index (χ1) is 19.5. The average molecular weight is 568 g/mol. The highest BCUT2D eigenvalue weighted by Gasteiger charge is 2.43. The lowest BCUT2D eigenvalue weighted by Crippen LogP contribution is -2.55. The third kappa shape index (κ3) is 7.05. The molecule has 1 saturated heterocycles. The van der Waals surface area contributed by atoms with E-state index in [2.05, 4.69) is 10.6 Å². The Morgan fingerprint density at radius 2 is 1.78 bits per heavy atom. The molecule has 3 aromatic rings. The van der Waals surface area contributed by atoms with Crippen LogP contribution < -0.4 is 10.6 Å². The normalized spacial score (nSPS) is 18.0. The Balaban J connectivity index is 1.53. The topological polar surface area (TPSA) is 139 Å². The predicted octanol–water partition coefficient (Wildman–Crippen LogP) is 1.96. The molecular weight excluding hydrogens is 536 g/mol. The zero-order valence-corrected chi connectivity index (χ0v) is 22.3. The van der Waals surface area contributed by atoms with Gasteiger partial charge in [0, 0.05) is 36.2 Å². The molecule has 1 aliphatic heterocycles. The fourth-order valence-corrected chi connectivity index (χ4v) is 4.85. The Hall–Kier alpha value is -4.35. The molecule has 0 bridgehead atoms. The van der Waals surface area contributed by atoms with Gasteiger partial charge in [-0.25, -0.2) is 8.78 Å². The molecule has 0 radical (unpaired) electrons. The van der Waals surface area contributed by atoms with Gasteiger partial charge in [-0.3, -0.25) is 14.4 Å². The number of hydrogen-bond donors (Lipinski definition) is 5. The fourth-order valence-electron chi connectivity index (χ4n) is 4.85.